The lowest BCUT2D eigenvalue weighted by atomic mass is 9.55. The second kappa shape index (κ2) is 21.1. The van der Waals surface area contributed by atoms with Gasteiger partial charge in [0, 0.05) is 49.8 Å². The third-order valence-corrected chi connectivity index (χ3v) is 13.7. The normalized spacial score (nSPS) is 22.4. The van der Waals surface area contributed by atoms with Crippen LogP contribution < -0.4 is 18.9 Å². The van der Waals surface area contributed by atoms with Gasteiger partial charge in [-0.05, 0) is 120 Å². The number of non-ortho nitro benzene ring substituents is 1. The van der Waals surface area contributed by atoms with Crippen LogP contribution in [0.15, 0.2) is 133 Å². The molecule has 1 fully saturated rings. The van der Waals surface area contributed by atoms with Crippen molar-refractivity contribution in [3.8, 4) is 28.7 Å². The maximum absolute atomic E-state index is 14.5. The van der Waals surface area contributed by atoms with Crippen LogP contribution in [0.2, 0.25) is 0 Å². The van der Waals surface area contributed by atoms with E-state index in [1.54, 1.807) is 23.1 Å². The quantitative estimate of drug-likeness (QED) is 0.0327. The van der Waals surface area contributed by atoms with Crippen LogP contribution in [0, 0.1) is 27.9 Å². The van der Waals surface area contributed by atoms with Crippen LogP contribution >= 0.6 is 0 Å². The van der Waals surface area contributed by atoms with Crippen LogP contribution in [0.4, 0.5) is 10.5 Å². The second-order valence-corrected chi connectivity index (χ2v) is 17.9. The highest BCUT2D eigenvalue weighted by molar-refractivity contribution is 6.03. The highest BCUT2D eigenvalue weighted by atomic mass is 16.7. The minimum absolute atomic E-state index is 0.0126. The van der Waals surface area contributed by atoms with E-state index < -0.39 is 28.8 Å². The topological polar surface area (TPSA) is 181 Å². The van der Waals surface area contributed by atoms with Crippen LogP contribution in [0.25, 0.3) is 10.8 Å². The predicted octanol–water partition coefficient (Wildman–Crippen LogP) is 10.4. The zero-order valence-electron chi connectivity index (χ0n) is 38.6. The highest BCUT2D eigenvalue weighted by Gasteiger charge is 2.65. The minimum atomic E-state index is -1.55. The van der Waals surface area contributed by atoms with Crippen molar-refractivity contribution >= 4 is 28.3 Å². The van der Waals surface area contributed by atoms with Crippen molar-refractivity contribution in [1.82, 2.24) is 4.90 Å². The number of nitro groups is 1. The van der Waals surface area contributed by atoms with Crippen molar-refractivity contribution in [2.24, 2.45) is 22.9 Å². The maximum Gasteiger partial charge on any atom is 0.410 e. The number of rotatable bonds is 20. The summed E-state index contributed by atoms with van der Waals surface area (Å²) in [5.74, 6) is 0.506. The number of hydrogen-bond acceptors (Lipinski definition) is 13. The first kappa shape index (κ1) is 47.1. The smallest absolute Gasteiger partial charge is 0.410 e. The Morgan fingerprint density at radius 3 is 2.38 bits per heavy atom. The summed E-state index contributed by atoms with van der Waals surface area (Å²) in [6, 6.07) is 30.7. The third kappa shape index (κ3) is 9.85. The molecule has 0 spiro atoms. The van der Waals surface area contributed by atoms with Crippen LogP contribution in [-0.2, 0) is 27.5 Å². The Kier molecular flexibility index (Phi) is 14.4. The van der Waals surface area contributed by atoms with Gasteiger partial charge in [0.2, 0.25) is 12.6 Å². The number of amides is 1. The Balaban J connectivity index is 1.22. The number of oxime groups is 1. The molecule has 4 aliphatic rings. The summed E-state index contributed by atoms with van der Waals surface area (Å²) >= 11 is 0. The molecule has 5 aromatic carbocycles. The molecule has 0 bridgehead atoms. The number of carbonyl (C=O) groups excluding carboxylic acids is 1. The zero-order chi connectivity index (χ0) is 47.9. The second-order valence-electron chi connectivity index (χ2n) is 17.9. The SMILES string of the molecule is C=CCO[C@@]12Oc3ccc(Oc4ccc5ccccc5c4)cc3[C@H]3[C@H](CCCCO)[C@@H](CCCCO)C=C(C(=NOCc4ccc([N+](=O)[O-])cc4)C[C@@H]1N(Cc1ccc4c(c1)OCO4)C(=O)OC)[C@H]32. The van der Waals surface area contributed by atoms with E-state index in [4.69, 9.17) is 38.4 Å². The number of aliphatic hydroxyl groups is 2. The van der Waals surface area contributed by atoms with E-state index in [2.05, 4.69) is 24.8 Å². The van der Waals surface area contributed by atoms with E-state index >= 15 is 0 Å². The molecule has 1 amide bonds. The van der Waals surface area contributed by atoms with Gasteiger partial charge in [-0.1, -0.05) is 66.5 Å². The summed E-state index contributed by atoms with van der Waals surface area (Å²) in [6.07, 6.45) is 7.68. The van der Waals surface area contributed by atoms with Crippen LogP contribution in [0.3, 0.4) is 0 Å². The monoisotopic (exact) mass is 939 g/mol. The molecule has 0 unspecified atom stereocenters. The van der Waals surface area contributed by atoms with Crippen LogP contribution in [0.1, 0.15) is 67.6 Å². The molecule has 2 heterocycles. The van der Waals surface area contributed by atoms with Gasteiger partial charge in [-0.2, -0.15) is 0 Å². The number of carbonyl (C=O) groups is 1. The molecule has 9 rings (SSSR count). The molecule has 2 aliphatic carbocycles. The Hall–Kier alpha value is -6.94. The van der Waals surface area contributed by atoms with Gasteiger partial charge < -0.3 is 43.5 Å². The molecule has 15 heteroatoms. The lowest BCUT2D eigenvalue weighted by molar-refractivity contribution is -0.384. The predicted molar refractivity (Wildman–Crippen MR) is 257 cm³/mol. The number of nitro benzene ring substituents is 1. The number of hydrogen-bond donors (Lipinski definition) is 2. The summed E-state index contributed by atoms with van der Waals surface area (Å²) < 4.78 is 38.1. The van der Waals surface area contributed by atoms with Crippen molar-refractivity contribution in [2.75, 3.05) is 33.7 Å². The fourth-order valence-electron chi connectivity index (χ4n) is 10.6. The summed E-state index contributed by atoms with van der Waals surface area (Å²) in [5.41, 5.74) is 3.70. The molecule has 6 atom stereocenters. The van der Waals surface area contributed by atoms with Gasteiger partial charge in [0.05, 0.1) is 30.3 Å². The third-order valence-electron chi connectivity index (χ3n) is 13.7. The van der Waals surface area contributed by atoms with Crippen molar-refractivity contribution in [1.29, 1.82) is 0 Å². The van der Waals surface area contributed by atoms with E-state index in [1.807, 2.05) is 66.7 Å². The largest absolute Gasteiger partial charge is 0.459 e. The van der Waals surface area contributed by atoms with E-state index in [9.17, 15) is 25.1 Å². The number of aliphatic hydroxyl groups excluding tert-OH is 2. The Morgan fingerprint density at radius 1 is 0.884 bits per heavy atom. The number of ether oxygens (including phenoxy) is 6. The molecule has 0 radical (unpaired) electrons. The Morgan fingerprint density at radius 2 is 1.61 bits per heavy atom. The standard InChI is InChI=1S/C54H57N3O12/c1-3-26-66-54-50(56(53(60)63-2)32-36-16-22-48-49(27-36)65-34-64-48)31-46(55-67-33-35-14-18-40(19-15-35)57(61)62)44-29-39(12-6-8-24-58)43(13-7-9-25-59)51(52(44)54)45-30-42(21-23-47(45)69-54)68-41-20-17-37-10-4-5-11-38(37)28-41/h3-5,10-11,14-23,27-30,39,43,50-52,58-59H,1,6-9,12-13,24-26,31-34H2,2H3/t39-,43+,50-,51+,52+,54+/m0/s1. The van der Waals surface area contributed by atoms with Crippen molar-refractivity contribution in [3.05, 3.63) is 154 Å². The number of allylic oxidation sites excluding steroid dienone is 1. The molecule has 1 saturated carbocycles. The molecule has 0 aromatic heterocycles. The van der Waals surface area contributed by atoms with Gasteiger partial charge in [0.25, 0.3) is 5.69 Å². The molecule has 360 valence electrons. The highest BCUT2D eigenvalue weighted by Crippen LogP contribution is 2.62. The van der Waals surface area contributed by atoms with E-state index in [-0.39, 0.29) is 69.6 Å². The average Bonchev–Trinajstić information content (AvgIpc) is 3.84. The summed E-state index contributed by atoms with van der Waals surface area (Å²) in [6.45, 7) is 4.39. The maximum atomic E-state index is 14.5. The molecule has 2 aliphatic heterocycles. The number of unbranched alkanes of at least 4 members (excludes halogenated alkanes) is 2. The molecule has 2 N–H and O–H groups in total. The molecule has 69 heavy (non-hydrogen) atoms. The Bertz CT molecular complexity index is 2720. The molecule has 5 aromatic rings. The van der Waals surface area contributed by atoms with Gasteiger partial charge >= 0.3 is 6.09 Å². The van der Waals surface area contributed by atoms with Gasteiger partial charge in [-0.25, -0.2) is 4.79 Å². The van der Waals surface area contributed by atoms with Crippen LogP contribution in [0.5, 0.6) is 28.7 Å². The van der Waals surface area contributed by atoms with Crippen molar-refractivity contribution in [2.45, 2.75) is 75.8 Å². The first-order valence-electron chi connectivity index (χ1n) is 23.6. The van der Waals surface area contributed by atoms with Crippen molar-refractivity contribution in [3.63, 3.8) is 0 Å². The molecular weight excluding hydrogens is 883 g/mol. The first-order valence-corrected chi connectivity index (χ1v) is 23.6. The average molecular weight is 940 g/mol. The molecule has 0 saturated heterocycles. The summed E-state index contributed by atoms with van der Waals surface area (Å²) in [4.78, 5) is 33.3. The van der Waals surface area contributed by atoms with Gasteiger partial charge in [0.1, 0.15) is 29.9 Å². The number of fused-ring (bicyclic) bond motifs is 4. The Labute approximate surface area is 400 Å². The summed E-state index contributed by atoms with van der Waals surface area (Å²) in [7, 11) is 1.34. The molecule has 15 nitrogen and oxygen atoms in total. The summed E-state index contributed by atoms with van der Waals surface area (Å²) in [5, 5.41) is 38.5. The van der Waals surface area contributed by atoms with Crippen molar-refractivity contribution < 1.29 is 53.2 Å². The first-order chi connectivity index (χ1) is 33.7. The number of benzene rings is 5. The lowest BCUT2D eigenvalue weighted by Gasteiger charge is -2.59. The lowest BCUT2D eigenvalue weighted by Crippen LogP contribution is -2.70. The van der Waals surface area contributed by atoms with E-state index in [1.165, 1.54) is 19.2 Å². The number of nitrogens with zero attached hydrogens (tertiary/aromatic N) is 3. The van der Waals surface area contributed by atoms with Crippen LogP contribution in [-0.4, -0.2) is 77.4 Å². The molecular formula is C54H57N3O12. The fraction of sp³-hybridized carbons (Fsp3) is 0.370. The van der Waals surface area contributed by atoms with Gasteiger partial charge in [-0.3, -0.25) is 15.0 Å². The van der Waals surface area contributed by atoms with E-state index in [0.717, 1.165) is 53.2 Å². The van der Waals surface area contributed by atoms with Gasteiger partial charge in [0.15, 0.2) is 11.5 Å². The van der Waals surface area contributed by atoms with E-state index in [0.29, 0.717) is 52.9 Å². The zero-order valence-corrected chi connectivity index (χ0v) is 38.6. The number of methoxy groups -OCH3 is 1. The van der Waals surface area contributed by atoms with Gasteiger partial charge in [-0.15, -0.1) is 6.58 Å². The minimum Gasteiger partial charge on any atom is -0.459 e. The fourth-order valence-corrected chi connectivity index (χ4v) is 10.6.